The Bertz CT molecular complexity index is 820. The maximum atomic E-state index is 12.5. The molecule has 23 heavy (non-hydrogen) atoms. The van der Waals surface area contributed by atoms with Crippen molar-refractivity contribution in [3.63, 3.8) is 0 Å². The predicted molar refractivity (Wildman–Crippen MR) is 89.2 cm³/mol. The highest BCUT2D eigenvalue weighted by Gasteiger charge is 2.24. The molecule has 1 unspecified atom stereocenters. The summed E-state index contributed by atoms with van der Waals surface area (Å²) in [7, 11) is 0. The van der Waals surface area contributed by atoms with E-state index in [-0.39, 0.29) is 17.9 Å². The number of benzene rings is 1. The molecule has 0 aliphatic heterocycles. The number of hydrogen-bond acceptors (Lipinski definition) is 3. The lowest BCUT2D eigenvalue weighted by molar-refractivity contribution is 0.0923. The van der Waals surface area contributed by atoms with Gasteiger partial charge in [-0.2, -0.15) is 0 Å². The van der Waals surface area contributed by atoms with Crippen molar-refractivity contribution >= 4 is 11.6 Å². The van der Waals surface area contributed by atoms with Crippen LogP contribution in [-0.4, -0.2) is 20.5 Å². The van der Waals surface area contributed by atoms with Crippen molar-refractivity contribution in [2.24, 2.45) is 5.92 Å². The van der Waals surface area contributed by atoms with Gasteiger partial charge in [0.25, 0.3) is 5.91 Å². The maximum Gasteiger partial charge on any atom is 0.251 e. The van der Waals surface area contributed by atoms with Gasteiger partial charge in [-0.3, -0.25) is 9.20 Å². The number of aryl methyl sites for hydroxylation is 1. The molecule has 5 nitrogen and oxygen atoms in total. The number of carbonyl (C=O) groups is 1. The number of rotatable bonds is 4. The topological polar surface area (TPSA) is 59.3 Å². The van der Waals surface area contributed by atoms with Gasteiger partial charge in [0.05, 0.1) is 6.04 Å². The van der Waals surface area contributed by atoms with Gasteiger partial charge in [-0.05, 0) is 37.1 Å². The third-order valence-corrected chi connectivity index (χ3v) is 3.89. The van der Waals surface area contributed by atoms with Crippen LogP contribution in [0.1, 0.15) is 41.6 Å². The van der Waals surface area contributed by atoms with Crippen molar-refractivity contribution in [3.05, 3.63) is 65.6 Å². The van der Waals surface area contributed by atoms with Gasteiger partial charge >= 0.3 is 0 Å². The quantitative estimate of drug-likeness (QED) is 0.805. The highest BCUT2D eigenvalue weighted by Crippen LogP contribution is 2.21. The van der Waals surface area contributed by atoms with Gasteiger partial charge in [0.1, 0.15) is 0 Å². The van der Waals surface area contributed by atoms with Crippen molar-refractivity contribution in [1.82, 2.24) is 19.9 Å². The number of pyridine rings is 1. The second-order valence-corrected chi connectivity index (χ2v) is 6.05. The predicted octanol–water partition coefficient (Wildman–Crippen LogP) is 3.16. The van der Waals surface area contributed by atoms with Crippen LogP contribution in [0.2, 0.25) is 0 Å². The summed E-state index contributed by atoms with van der Waals surface area (Å²) in [5, 5.41) is 11.5. The van der Waals surface area contributed by atoms with E-state index in [0.717, 1.165) is 17.0 Å². The fourth-order valence-corrected chi connectivity index (χ4v) is 2.53. The molecule has 0 bridgehead atoms. The molecule has 1 N–H and O–H groups in total. The van der Waals surface area contributed by atoms with Crippen molar-refractivity contribution in [3.8, 4) is 0 Å². The average molecular weight is 308 g/mol. The molecular weight excluding hydrogens is 288 g/mol. The Morgan fingerprint density at radius 3 is 2.52 bits per heavy atom. The second-order valence-electron chi connectivity index (χ2n) is 6.05. The van der Waals surface area contributed by atoms with E-state index in [2.05, 4.69) is 29.4 Å². The van der Waals surface area contributed by atoms with E-state index in [1.54, 1.807) is 0 Å². The fraction of sp³-hybridized carbons (Fsp3) is 0.278. The van der Waals surface area contributed by atoms with E-state index in [0.29, 0.717) is 5.56 Å². The van der Waals surface area contributed by atoms with Crippen LogP contribution >= 0.6 is 0 Å². The van der Waals surface area contributed by atoms with E-state index in [9.17, 15) is 4.79 Å². The third kappa shape index (κ3) is 3.08. The number of aromatic nitrogens is 3. The molecule has 0 spiro atoms. The summed E-state index contributed by atoms with van der Waals surface area (Å²) in [6.45, 7) is 6.12. The molecule has 0 radical (unpaired) electrons. The SMILES string of the molecule is Cc1ccc(C(=O)NC(c2nnc3ccccn23)C(C)C)cc1. The van der Waals surface area contributed by atoms with Crippen LogP contribution in [0, 0.1) is 12.8 Å². The van der Waals surface area contributed by atoms with Crippen LogP contribution in [-0.2, 0) is 0 Å². The van der Waals surface area contributed by atoms with E-state index in [1.807, 2.05) is 60.0 Å². The molecule has 0 saturated carbocycles. The Morgan fingerprint density at radius 2 is 1.83 bits per heavy atom. The molecule has 0 fully saturated rings. The standard InChI is InChI=1S/C18H20N4O/c1-12(2)16(17-21-20-15-6-4-5-11-22(15)17)19-18(23)14-9-7-13(3)8-10-14/h4-12,16H,1-3H3,(H,19,23). The molecular formula is C18H20N4O. The number of hydrogen-bond donors (Lipinski definition) is 1. The zero-order chi connectivity index (χ0) is 16.4. The number of amides is 1. The minimum atomic E-state index is -0.207. The summed E-state index contributed by atoms with van der Waals surface area (Å²) in [6.07, 6.45) is 1.91. The monoisotopic (exact) mass is 308 g/mol. The van der Waals surface area contributed by atoms with Crippen LogP contribution in [0.25, 0.3) is 5.65 Å². The summed E-state index contributed by atoms with van der Waals surface area (Å²) >= 11 is 0. The minimum absolute atomic E-state index is 0.101. The van der Waals surface area contributed by atoms with Gasteiger partial charge < -0.3 is 5.32 Å². The zero-order valence-corrected chi connectivity index (χ0v) is 13.5. The Balaban J connectivity index is 1.90. The molecule has 2 aromatic heterocycles. The van der Waals surface area contributed by atoms with Crippen LogP contribution in [0.15, 0.2) is 48.7 Å². The number of carbonyl (C=O) groups excluding carboxylic acids is 1. The first-order valence-corrected chi connectivity index (χ1v) is 7.73. The average Bonchev–Trinajstić information content (AvgIpc) is 2.96. The minimum Gasteiger partial charge on any atom is -0.342 e. The lowest BCUT2D eigenvalue weighted by atomic mass is 10.0. The molecule has 3 aromatic rings. The Labute approximate surface area is 135 Å². The summed E-state index contributed by atoms with van der Waals surface area (Å²) in [5.41, 5.74) is 2.55. The first kappa shape index (κ1) is 15.2. The molecule has 1 aromatic carbocycles. The van der Waals surface area contributed by atoms with Crippen LogP contribution in [0.5, 0.6) is 0 Å². The van der Waals surface area contributed by atoms with Gasteiger partial charge in [-0.15, -0.1) is 10.2 Å². The Hall–Kier alpha value is -2.69. The van der Waals surface area contributed by atoms with Gasteiger partial charge in [0.15, 0.2) is 11.5 Å². The first-order valence-electron chi connectivity index (χ1n) is 7.73. The first-order chi connectivity index (χ1) is 11.1. The fourth-order valence-electron chi connectivity index (χ4n) is 2.53. The molecule has 0 saturated heterocycles. The largest absolute Gasteiger partial charge is 0.342 e. The summed E-state index contributed by atoms with van der Waals surface area (Å²) in [6, 6.07) is 13.1. The number of fused-ring (bicyclic) bond motifs is 1. The van der Waals surface area contributed by atoms with E-state index < -0.39 is 0 Å². The van der Waals surface area contributed by atoms with Crippen molar-refractivity contribution < 1.29 is 4.79 Å². The Kier molecular flexibility index (Phi) is 4.10. The van der Waals surface area contributed by atoms with Crippen LogP contribution in [0.4, 0.5) is 0 Å². The van der Waals surface area contributed by atoms with Crippen molar-refractivity contribution in [2.45, 2.75) is 26.8 Å². The summed E-state index contributed by atoms with van der Waals surface area (Å²) < 4.78 is 1.92. The molecule has 2 heterocycles. The molecule has 118 valence electrons. The maximum absolute atomic E-state index is 12.5. The third-order valence-electron chi connectivity index (χ3n) is 3.89. The molecule has 0 aliphatic carbocycles. The van der Waals surface area contributed by atoms with Gasteiger partial charge in [0, 0.05) is 11.8 Å². The van der Waals surface area contributed by atoms with Gasteiger partial charge in [0.2, 0.25) is 0 Å². The zero-order valence-electron chi connectivity index (χ0n) is 13.5. The number of nitrogens with zero attached hydrogens (tertiary/aromatic N) is 3. The molecule has 1 amide bonds. The second kappa shape index (κ2) is 6.20. The highest BCUT2D eigenvalue weighted by molar-refractivity contribution is 5.94. The highest BCUT2D eigenvalue weighted by atomic mass is 16.1. The van der Waals surface area contributed by atoms with Crippen LogP contribution < -0.4 is 5.32 Å². The smallest absolute Gasteiger partial charge is 0.251 e. The van der Waals surface area contributed by atoms with E-state index >= 15 is 0 Å². The molecule has 0 aliphatic rings. The molecule has 3 rings (SSSR count). The lowest BCUT2D eigenvalue weighted by Gasteiger charge is -2.21. The van der Waals surface area contributed by atoms with E-state index in [4.69, 9.17) is 0 Å². The Morgan fingerprint density at radius 1 is 1.09 bits per heavy atom. The van der Waals surface area contributed by atoms with Gasteiger partial charge in [-0.25, -0.2) is 0 Å². The summed E-state index contributed by atoms with van der Waals surface area (Å²) in [4.78, 5) is 12.5. The normalized spacial score (nSPS) is 12.5. The number of nitrogens with one attached hydrogen (secondary N) is 1. The van der Waals surface area contributed by atoms with Crippen molar-refractivity contribution in [1.29, 1.82) is 0 Å². The van der Waals surface area contributed by atoms with Crippen molar-refractivity contribution in [2.75, 3.05) is 0 Å². The molecule has 1 atom stereocenters. The lowest BCUT2D eigenvalue weighted by Crippen LogP contribution is -2.33. The van der Waals surface area contributed by atoms with Gasteiger partial charge in [-0.1, -0.05) is 37.6 Å². The van der Waals surface area contributed by atoms with Crippen LogP contribution in [0.3, 0.4) is 0 Å². The summed E-state index contributed by atoms with van der Waals surface area (Å²) in [5.74, 6) is 0.837. The van der Waals surface area contributed by atoms with E-state index in [1.165, 1.54) is 0 Å². The molecule has 5 heteroatoms.